The summed E-state index contributed by atoms with van der Waals surface area (Å²) in [5, 5.41) is 15.3. The number of nitrogens with zero attached hydrogens (tertiary/aromatic N) is 1. The van der Waals surface area contributed by atoms with E-state index in [1.54, 1.807) is 32.9 Å². The van der Waals surface area contributed by atoms with Crippen LogP contribution in [0.1, 0.15) is 60.1 Å². The topological polar surface area (TPSA) is 108 Å². The van der Waals surface area contributed by atoms with E-state index in [0.29, 0.717) is 5.56 Å². The minimum absolute atomic E-state index is 0.0306. The highest BCUT2D eigenvalue weighted by Gasteiger charge is 2.35. The molecule has 31 heavy (non-hydrogen) atoms. The fourth-order valence-electron chi connectivity index (χ4n) is 2.86. The number of ether oxygens (including phenoxy) is 1. The predicted molar refractivity (Wildman–Crippen MR) is 119 cm³/mol. The van der Waals surface area contributed by atoms with Crippen LogP contribution in [0.5, 0.6) is 5.75 Å². The molecule has 1 aromatic rings. The molecule has 0 aliphatic rings. The average molecular weight is 434 g/mol. The van der Waals surface area contributed by atoms with Crippen molar-refractivity contribution in [2.45, 2.75) is 71.7 Å². The Labute approximate surface area is 184 Å². The molecular weight excluding hydrogens is 398 g/mol. The van der Waals surface area contributed by atoms with Crippen molar-refractivity contribution in [1.29, 1.82) is 0 Å². The average Bonchev–Trinajstić information content (AvgIpc) is 2.57. The van der Waals surface area contributed by atoms with Crippen LogP contribution in [0.15, 0.2) is 36.9 Å². The zero-order chi connectivity index (χ0) is 24.0. The molecule has 1 aromatic carbocycles. The lowest BCUT2D eigenvalue weighted by atomic mass is 10.0. The Morgan fingerprint density at radius 1 is 1.19 bits per heavy atom. The Kier molecular flexibility index (Phi) is 8.66. The maximum absolute atomic E-state index is 13.3. The summed E-state index contributed by atoms with van der Waals surface area (Å²) in [7, 11) is 0. The number of alkyl carbamates (subject to hydrolysis) is 1. The fourth-order valence-corrected chi connectivity index (χ4v) is 2.86. The zero-order valence-electron chi connectivity index (χ0n) is 19.5. The molecule has 0 aliphatic carbocycles. The molecule has 172 valence electrons. The van der Waals surface area contributed by atoms with E-state index in [1.807, 2.05) is 20.8 Å². The second-order valence-electron chi connectivity index (χ2n) is 9.38. The SMILES string of the molecule is C=CCN(C(=O)C(C)NC(=O)OC(C)(C)C)C(C(=O)NC(C)(C)C)c1cccc(O)c1. The van der Waals surface area contributed by atoms with E-state index in [4.69, 9.17) is 4.74 Å². The first-order valence-corrected chi connectivity index (χ1v) is 10.2. The molecule has 3 N–H and O–H groups in total. The van der Waals surface area contributed by atoms with Gasteiger partial charge in [-0.15, -0.1) is 6.58 Å². The number of rotatable bonds is 7. The lowest BCUT2D eigenvalue weighted by Gasteiger charge is -2.34. The summed E-state index contributed by atoms with van der Waals surface area (Å²) in [6.45, 7) is 15.9. The molecule has 8 nitrogen and oxygen atoms in total. The third-order valence-corrected chi connectivity index (χ3v) is 3.96. The van der Waals surface area contributed by atoms with Crippen molar-refractivity contribution in [3.63, 3.8) is 0 Å². The van der Waals surface area contributed by atoms with Crippen LogP contribution in [0, 0.1) is 0 Å². The quantitative estimate of drug-likeness (QED) is 0.572. The number of aromatic hydroxyl groups is 1. The number of carbonyl (C=O) groups is 3. The molecule has 8 heteroatoms. The Morgan fingerprint density at radius 2 is 1.81 bits per heavy atom. The van der Waals surface area contributed by atoms with E-state index < -0.39 is 41.1 Å². The number of phenols is 1. The number of carbonyl (C=O) groups excluding carboxylic acids is 3. The minimum atomic E-state index is -1.04. The van der Waals surface area contributed by atoms with E-state index in [-0.39, 0.29) is 12.3 Å². The van der Waals surface area contributed by atoms with E-state index in [2.05, 4.69) is 17.2 Å². The van der Waals surface area contributed by atoms with Gasteiger partial charge in [0.15, 0.2) is 0 Å². The van der Waals surface area contributed by atoms with Gasteiger partial charge in [-0.3, -0.25) is 9.59 Å². The zero-order valence-corrected chi connectivity index (χ0v) is 19.5. The molecule has 0 aromatic heterocycles. The predicted octanol–water partition coefficient (Wildman–Crippen LogP) is 3.28. The highest BCUT2D eigenvalue weighted by atomic mass is 16.6. The molecule has 0 saturated heterocycles. The van der Waals surface area contributed by atoms with Crippen LogP contribution in [-0.2, 0) is 14.3 Å². The van der Waals surface area contributed by atoms with Gasteiger partial charge in [0, 0.05) is 12.1 Å². The summed E-state index contributed by atoms with van der Waals surface area (Å²) in [5.74, 6) is -0.946. The Morgan fingerprint density at radius 3 is 2.29 bits per heavy atom. The van der Waals surface area contributed by atoms with Crippen LogP contribution in [0.25, 0.3) is 0 Å². The van der Waals surface area contributed by atoms with Crippen molar-refractivity contribution in [3.05, 3.63) is 42.5 Å². The summed E-state index contributed by atoms with van der Waals surface area (Å²) in [4.78, 5) is 39.9. The smallest absolute Gasteiger partial charge is 0.408 e. The molecule has 0 aliphatic heterocycles. The van der Waals surface area contributed by atoms with Crippen molar-refractivity contribution in [1.82, 2.24) is 15.5 Å². The van der Waals surface area contributed by atoms with Gasteiger partial charge in [-0.25, -0.2) is 4.79 Å². The second-order valence-corrected chi connectivity index (χ2v) is 9.38. The highest BCUT2D eigenvalue weighted by Crippen LogP contribution is 2.26. The first kappa shape index (κ1) is 26.0. The van der Waals surface area contributed by atoms with E-state index in [9.17, 15) is 19.5 Å². The van der Waals surface area contributed by atoms with E-state index in [0.717, 1.165) is 0 Å². The van der Waals surface area contributed by atoms with Crippen LogP contribution >= 0.6 is 0 Å². The molecule has 0 bridgehead atoms. The number of benzene rings is 1. The third kappa shape index (κ3) is 8.70. The Bertz CT molecular complexity index is 808. The summed E-state index contributed by atoms with van der Waals surface area (Å²) in [6.07, 6.45) is 0.762. The van der Waals surface area contributed by atoms with Gasteiger partial charge in [0.05, 0.1) is 0 Å². The summed E-state index contributed by atoms with van der Waals surface area (Å²) < 4.78 is 5.22. The van der Waals surface area contributed by atoms with Crippen LogP contribution in [0.4, 0.5) is 4.79 Å². The van der Waals surface area contributed by atoms with Gasteiger partial charge >= 0.3 is 6.09 Å². The normalized spacial score (nSPS) is 13.5. The van der Waals surface area contributed by atoms with Crippen molar-refractivity contribution in [3.8, 4) is 5.75 Å². The van der Waals surface area contributed by atoms with Gasteiger partial charge in [-0.05, 0) is 66.2 Å². The number of phenolic OH excluding ortho intramolecular Hbond substituents is 1. The first-order chi connectivity index (χ1) is 14.1. The molecule has 1 rings (SSSR count). The van der Waals surface area contributed by atoms with Gasteiger partial charge in [0.25, 0.3) is 0 Å². The molecule has 2 unspecified atom stereocenters. The van der Waals surface area contributed by atoms with Crippen molar-refractivity contribution in [2.75, 3.05) is 6.54 Å². The van der Waals surface area contributed by atoms with E-state index >= 15 is 0 Å². The summed E-state index contributed by atoms with van der Waals surface area (Å²) >= 11 is 0. The third-order valence-electron chi connectivity index (χ3n) is 3.96. The number of amides is 3. The maximum Gasteiger partial charge on any atom is 0.408 e. The maximum atomic E-state index is 13.3. The van der Waals surface area contributed by atoms with Crippen molar-refractivity contribution in [2.24, 2.45) is 0 Å². The largest absolute Gasteiger partial charge is 0.508 e. The van der Waals surface area contributed by atoms with Gasteiger partial charge in [0.1, 0.15) is 23.4 Å². The highest BCUT2D eigenvalue weighted by molar-refractivity contribution is 5.92. The van der Waals surface area contributed by atoms with Gasteiger partial charge in [-0.1, -0.05) is 18.2 Å². The molecule has 0 radical (unpaired) electrons. The van der Waals surface area contributed by atoms with Crippen LogP contribution in [0.2, 0.25) is 0 Å². The van der Waals surface area contributed by atoms with E-state index in [1.165, 1.54) is 30.0 Å². The molecule has 3 amide bonds. The number of nitrogens with one attached hydrogen (secondary N) is 2. The lowest BCUT2D eigenvalue weighted by Crippen LogP contribution is -2.53. The second kappa shape index (κ2) is 10.3. The molecule has 0 fully saturated rings. The Balaban J connectivity index is 3.28. The lowest BCUT2D eigenvalue weighted by molar-refractivity contribution is -0.142. The fraction of sp³-hybridized carbons (Fsp3) is 0.522. The van der Waals surface area contributed by atoms with Crippen molar-refractivity contribution < 1.29 is 24.2 Å². The Hall–Kier alpha value is -3.03. The van der Waals surface area contributed by atoms with Crippen molar-refractivity contribution >= 4 is 17.9 Å². The van der Waals surface area contributed by atoms with Crippen LogP contribution in [0.3, 0.4) is 0 Å². The number of hydrogen-bond acceptors (Lipinski definition) is 5. The summed E-state index contributed by atoms with van der Waals surface area (Å²) in [6, 6.07) is 4.16. The minimum Gasteiger partial charge on any atom is -0.508 e. The van der Waals surface area contributed by atoms with Gasteiger partial charge in [0.2, 0.25) is 11.8 Å². The standard InChI is InChI=1S/C23H35N3O5/c1-9-13-26(20(29)15(2)24-21(30)31-23(6,7)8)18(19(28)25-22(3,4)5)16-11-10-12-17(27)14-16/h9-12,14-15,18,27H,1,13H2,2-8H3,(H,24,30)(H,25,28). The van der Waals surface area contributed by atoms with Crippen LogP contribution < -0.4 is 10.6 Å². The molecule has 0 heterocycles. The first-order valence-electron chi connectivity index (χ1n) is 10.2. The monoisotopic (exact) mass is 433 g/mol. The van der Waals surface area contributed by atoms with Gasteiger partial charge < -0.3 is 25.4 Å². The molecular formula is C23H35N3O5. The molecule has 0 saturated carbocycles. The van der Waals surface area contributed by atoms with Crippen LogP contribution in [-0.4, -0.2) is 51.6 Å². The van der Waals surface area contributed by atoms with Gasteiger partial charge in [-0.2, -0.15) is 0 Å². The summed E-state index contributed by atoms with van der Waals surface area (Å²) in [5.41, 5.74) is -0.832. The number of hydrogen-bond donors (Lipinski definition) is 3. The molecule has 0 spiro atoms. The molecule has 2 atom stereocenters.